The minimum Gasteiger partial charge on any atom is -0.469 e. The average Bonchev–Trinajstić information content (AvgIpc) is 2.90. The first-order valence-electron chi connectivity index (χ1n) is 6.70. The van der Waals surface area contributed by atoms with Crippen molar-refractivity contribution in [1.29, 1.82) is 0 Å². The number of benzene rings is 1. The van der Waals surface area contributed by atoms with Gasteiger partial charge in [-0.1, -0.05) is 30.3 Å². The van der Waals surface area contributed by atoms with E-state index < -0.39 is 0 Å². The molecule has 1 aromatic carbocycles. The highest BCUT2D eigenvalue weighted by Crippen LogP contribution is 2.12. The minimum absolute atomic E-state index is 0.0442. The smallest absolute Gasteiger partial charge is 0.257 e. The second-order valence-corrected chi connectivity index (χ2v) is 4.64. The van der Waals surface area contributed by atoms with Gasteiger partial charge in [-0.25, -0.2) is 0 Å². The van der Waals surface area contributed by atoms with Gasteiger partial charge in [-0.3, -0.25) is 4.79 Å². The lowest BCUT2D eigenvalue weighted by atomic mass is 10.1. The van der Waals surface area contributed by atoms with Gasteiger partial charge in [0.2, 0.25) is 0 Å². The van der Waals surface area contributed by atoms with Gasteiger partial charge >= 0.3 is 0 Å². The van der Waals surface area contributed by atoms with Crippen molar-refractivity contribution in [3.05, 3.63) is 59.5 Å². The van der Waals surface area contributed by atoms with Crippen molar-refractivity contribution < 1.29 is 14.3 Å². The first-order valence-corrected chi connectivity index (χ1v) is 6.70. The van der Waals surface area contributed by atoms with Gasteiger partial charge in [0.25, 0.3) is 5.91 Å². The molecule has 106 valence electrons. The summed E-state index contributed by atoms with van der Waals surface area (Å²) in [5.74, 6) is 0.513. The Kier molecular flexibility index (Phi) is 4.96. The summed E-state index contributed by atoms with van der Waals surface area (Å²) in [6.07, 6.45) is 2.28. The molecule has 0 spiro atoms. The molecule has 0 aliphatic carbocycles. The molecule has 0 aliphatic rings. The number of nitrogens with zero attached hydrogens (tertiary/aromatic N) is 1. The lowest BCUT2D eigenvalue weighted by Crippen LogP contribution is -2.35. The number of carbonyl (C=O) groups excluding carboxylic acids is 1. The Labute approximate surface area is 118 Å². The molecular formula is C16H19NO3. The van der Waals surface area contributed by atoms with Gasteiger partial charge in [0.05, 0.1) is 18.4 Å². The van der Waals surface area contributed by atoms with Crippen LogP contribution in [0.25, 0.3) is 0 Å². The highest BCUT2D eigenvalue weighted by atomic mass is 16.3. The summed E-state index contributed by atoms with van der Waals surface area (Å²) in [6, 6.07) is 11.7. The van der Waals surface area contributed by atoms with Gasteiger partial charge < -0.3 is 14.4 Å². The summed E-state index contributed by atoms with van der Waals surface area (Å²) in [4.78, 5) is 14.1. The van der Waals surface area contributed by atoms with E-state index in [2.05, 4.69) is 0 Å². The Morgan fingerprint density at radius 2 is 1.95 bits per heavy atom. The largest absolute Gasteiger partial charge is 0.469 e. The fraction of sp³-hybridized carbons (Fsp3) is 0.312. The van der Waals surface area contributed by atoms with Crippen LogP contribution in [-0.4, -0.2) is 35.6 Å². The number of hydrogen-bond donors (Lipinski definition) is 1. The predicted octanol–water partition coefficient (Wildman–Crippen LogP) is 2.27. The van der Waals surface area contributed by atoms with E-state index in [-0.39, 0.29) is 12.5 Å². The topological polar surface area (TPSA) is 53.7 Å². The number of aliphatic hydroxyl groups excluding tert-OH is 1. The van der Waals surface area contributed by atoms with E-state index in [1.807, 2.05) is 30.3 Å². The highest BCUT2D eigenvalue weighted by molar-refractivity contribution is 5.95. The maximum absolute atomic E-state index is 12.4. The summed E-state index contributed by atoms with van der Waals surface area (Å²) < 4.78 is 5.17. The van der Waals surface area contributed by atoms with Crippen molar-refractivity contribution in [2.75, 3.05) is 19.7 Å². The van der Waals surface area contributed by atoms with E-state index in [1.54, 1.807) is 17.9 Å². The highest BCUT2D eigenvalue weighted by Gasteiger charge is 2.18. The van der Waals surface area contributed by atoms with Crippen LogP contribution in [0.4, 0.5) is 0 Å². The summed E-state index contributed by atoms with van der Waals surface area (Å²) in [7, 11) is 0. The standard InChI is InChI=1S/C16H19NO3/c1-13-15(8-12-20-13)16(19)17(10-11-18)9-7-14-5-3-2-4-6-14/h2-6,8,12,18H,7,9-11H2,1H3. The van der Waals surface area contributed by atoms with Crippen molar-refractivity contribution in [2.24, 2.45) is 0 Å². The molecule has 0 atom stereocenters. The fourth-order valence-corrected chi connectivity index (χ4v) is 2.12. The van der Waals surface area contributed by atoms with Crippen molar-refractivity contribution in [1.82, 2.24) is 4.90 Å². The number of furan rings is 1. The molecule has 1 heterocycles. The van der Waals surface area contributed by atoms with Gasteiger partial charge in [0.15, 0.2) is 0 Å². The molecule has 0 fully saturated rings. The number of aryl methyl sites for hydroxylation is 1. The molecule has 1 aromatic heterocycles. The van der Waals surface area contributed by atoms with Crippen LogP contribution in [-0.2, 0) is 6.42 Å². The lowest BCUT2D eigenvalue weighted by molar-refractivity contribution is 0.0722. The second kappa shape index (κ2) is 6.91. The van der Waals surface area contributed by atoms with Gasteiger partial charge in [0.1, 0.15) is 5.76 Å². The quantitative estimate of drug-likeness (QED) is 0.878. The maximum atomic E-state index is 12.4. The lowest BCUT2D eigenvalue weighted by Gasteiger charge is -2.21. The number of carbonyl (C=O) groups is 1. The fourth-order valence-electron chi connectivity index (χ4n) is 2.12. The minimum atomic E-state index is -0.0961. The summed E-state index contributed by atoms with van der Waals surface area (Å²) >= 11 is 0. The Hall–Kier alpha value is -2.07. The third-order valence-corrected chi connectivity index (χ3v) is 3.26. The molecule has 0 saturated carbocycles. The van der Waals surface area contributed by atoms with Crippen molar-refractivity contribution in [3.8, 4) is 0 Å². The van der Waals surface area contributed by atoms with Crippen molar-refractivity contribution in [2.45, 2.75) is 13.3 Å². The van der Waals surface area contributed by atoms with Crippen LogP contribution < -0.4 is 0 Å². The zero-order chi connectivity index (χ0) is 14.4. The Morgan fingerprint density at radius 1 is 1.20 bits per heavy atom. The Morgan fingerprint density at radius 3 is 2.55 bits per heavy atom. The third kappa shape index (κ3) is 3.48. The zero-order valence-electron chi connectivity index (χ0n) is 11.6. The summed E-state index contributed by atoms with van der Waals surface area (Å²) in [5, 5.41) is 9.13. The van der Waals surface area contributed by atoms with Crippen LogP contribution in [0.5, 0.6) is 0 Å². The number of aliphatic hydroxyl groups is 1. The molecule has 1 N–H and O–H groups in total. The van der Waals surface area contributed by atoms with E-state index in [4.69, 9.17) is 9.52 Å². The van der Waals surface area contributed by atoms with Gasteiger partial charge in [-0.15, -0.1) is 0 Å². The number of rotatable bonds is 6. The normalized spacial score (nSPS) is 10.5. The van der Waals surface area contributed by atoms with Crippen molar-refractivity contribution in [3.63, 3.8) is 0 Å². The molecule has 1 amide bonds. The SMILES string of the molecule is Cc1occc1C(=O)N(CCO)CCc1ccccc1. The predicted molar refractivity (Wildman–Crippen MR) is 76.6 cm³/mol. The molecule has 2 aromatic rings. The monoisotopic (exact) mass is 273 g/mol. The van der Waals surface area contributed by atoms with E-state index >= 15 is 0 Å². The van der Waals surface area contributed by atoms with Crippen LogP contribution in [0.15, 0.2) is 47.1 Å². The zero-order valence-corrected chi connectivity index (χ0v) is 11.6. The third-order valence-electron chi connectivity index (χ3n) is 3.26. The molecule has 0 saturated heterocycles. The van der Waals surface area contributed by atoms with E-state index in [1.165, 1.54) is 11.8 Å². The van der Waals surface area contributed by atoms with Crippen LogP contribution in [0, 0.1) is 6.92 Å². The van der Waals surface area contributed by atoms with E-state index in [0.717, 1.165) is 6.42 Å². The Balaban J connectivity index is 2.03. The number of amides is 1. The maximum Gasteiger partial charge on any atom is 0.257 e. The molecule has 0 radical (unpaired) electrons. The van der Waals surface area contributed by atoms with E-state index in [9.17, 15) is 4.79 Å². The van der Waals surface area contributed by atoms with Crippen LogP contribution in [0.1, 0.15) is 21.7 Å². The van der Waals surface area contributed by atoms with Crippen molar-refractivity contribution >= 4 is 5.91 Å². The van der Waals surface area contributed by atoms with Gasteiger partial charge in [-0.2, -0.15) is 0 Å². The summed E-state index contributed by atoms with van der Waals surface area (Å²) in [6.45, 7) is 2.63. The molecule has 0 unspecified atom stereocenters. The second-order valence-electron chi connectivity index (χ2n) is 4.64. The average molecular weight is 273 g/mol. The molecule has 0 bridgehead atoms. The first-order chi connectivity index (χ1) is 9.72. The molecule has 0 aliphatic heterocycles. The Bertz CT molecular complexity index is 548. The first kappa shape index (κ1) is 14.3. The van der Waals surface area contributed by atoms with E-state index in [0.29, 0.717) is 24.4 Å². The van der Waals surface area contributed by atoms with Crippen LogP contribution in [0.3, 0.4) is 0 Å². The molecular weight excluding hydrogens is 254 g/mol. The molecule has 2 rings (SSSR count). The molecule has 4 nitrogen and oxygen atoms in total. The number of hydrogen-bond acceptors (Lipinski definition) is 3. The summed E-state index contributed by atoms with van der Waals surface area (Å²) in [5.41, 5.74) is 1.73. The molecule has 4 heteroatoms. The van der Waals surface area contributed by atoms with Gasteiger partial charge in [0, 0.05) is 13.1 Å². The van der Waals surface area contributed by atoms with Crippen LogP contribution >= 0.6 is 0 Å². The van der Waals surface area contributed by atoms with Crippen LogP contribution in [0.2, 0.25) is 0 Å². The van der Waals surface area contributed by atoms with Gasteiger partial charge in [-0.05, 0) is 25.0 Å². The molecule has 20 heavy (non-hydrogen) atoms.